The fourth-order valence-electron chi connectivity index (χ4n) is 3.60. The lowest BCUT2D eigenvalue weighted by molar-refractivity contribution is 0.0923. The third-order valence-corrected chi connectivity index (χ3v) is 5.03. The summed E-state index contributed by atoms with van der Waals surface area (Å²) in [6, 6.07) is 18.5. The van der Waals surface area contributed by atoms with Gasteiger partial charge in [0.25, 0.3) is 5.91 Å². The molecule has 2 heterocycles. The molecule has 1 atom stereocenters. The van der Waals surface area contributed by atoms with Gasteiger partial charge in [-0.2, -0.15) is 0 Å². The van der Waals surface area contributed by atoms with Gasteiger partial charge in [-0.25, -0.2) is 4.79 Å². The molecule has 2 aromatic carbocycles. The molecule has 1 aliphatic heterocycles. The van der Waals surface area contributed by atoms with Gasteiger partial charge in [0, 0.05) is 11.9 Å². The number of benzene rings is 2. The third-order valence-electron chi connectivity index (χ3n) is 5.03. The first-order chi connectivity index (χ1) is 13.2. The van der Waals surface area contributed by atoms with Gasteiger partial charge in [0.15, 0.2) is 0 Å². The first kappa shape index (κ1) is 17.5. The van der Waals surface area contributed by atoms with Crippen LogP contribution in [0.1, 0.15) is 34.8 Å². The molecule has 0 aliphatic carbocycles. The van der Waals surface area contributed by atoms with E-state index in [1.807, 2.05) is 42.5 Å². The van der Waals surface area contributed by atoms with E-state index in [1.165, 1.54) is 12.8 Å². The zero-order valence-electron chi connectivity index (χ0n) is 15.1. The van der Waals surface area contributed by atoms with Crippen molar-refractivity contribution in [3.05, 3.63) is 82.2 Å². The largest absolute Gasteiger partial charge is 0.422 e. The minimum absolute atomic E-state index is 0.0380. The second-order valence-corrected chi connectivity index (χ2v) is 6.93. The maximum absolute atomic E-state index is 12.9. The zero-order chi connectivity index (χ0) is 18.6. The van der Waals surface area contributed by atoms with Crippen LogP contribution in [-0.4, -0.2) is 30.4 Å². The number of rotatable bonds is 5. The molecule has 1 aromatic heterocycles. The van der Waals surface area contributed by atoms with E-state index in [0.717, 1.165) is 30.6 Å². The summed E-state index contributed by atoms with van der Waals surface area (Å²) in [6.07, 6.45) is 2.37. The van der Waals surface area contributed by atoms with E-state index in [-0.39, 0.29) is 11.6 Å². The summed E-state index contributed by atoms with van der Waals surface area (Å²) in [7, 11) is 0. The SMILES string of the molecule is O=C(N[C@@H](CN1CCCC1)c1ccccc1)c1cc2ccccc2oc1=O. The Bertz CT molecular complexity index is 991. The minimum atomic E-state index is -0.612. The molecule has 5 nitrogen and oxygen atoms in total. The molecule has 1 amide bonds. The van der Waals surface area contributed by atoms with Crippen LogP contribution in [0.25, 0.3) is 11.0 Å². The van der Waals surface area contributed by atoms with Crippen molar-refractivity contribution in [2.45, 2.75) is 18.9 Å². The molecule has 4 rings (SSSR count). The predicted octanol–water partition coefficient (Wildman–Crippen LogP) is 3.36. The summed E-state index contributed by atoms with van der Waals surface area (Å²) in [5, 5.41) is 3.78. The Balaban J connectivity index is 1.61. The Kier molecular flexibility index (Phi) is 5.03. The number of carbonyl (C=O) groups is 1. The zero-order valence-corrected chi connectivity index (χ0v) is 15.1. The number of hydrogen-bond acceptors (Lipinski definition) is 4. The van der Waals surface area contributed by atoms with Crippen LogP contribution in [0.4, 0.5) is 0 Å². The third kappa shape index (κ3) is 3.93. The number of likely N-dealkylation sites (tertiary alicyclic amines) is 1. The van der Waals surface area contributed by atoms with E-state index in [2.05, 4.69) is 10.2 Å². The fourth-order valence-corrected chi connectivity index (χ4v) is 3.60. The van der Waals surface area contributed by atoms with Crippen LogP contribution in [0, 0.1) is 0 Å². The maximum atomic E-state index is 12.9. The van der Waals surface area contributed by atoms with Gasteiger partial charge in [0.05, 0.1) is 6.04 Å². The molecular weight excluding hydrogens is 340 g/mol. The first-order valence-electron chi connectivity index (χ1n) is 9.32. The number of nitrogens with zero attached hydrogens (tertiary/aromatic N) is 1. The molecule has 1 fully saturated rings. The van der Waals surface area contributed by atoms with Crippen LogP contribution < -0.4 is 10.9 Å². The lowest BCUT2D eigenvalue weighted by Gasteiger charge is -2.24. The van der Waals surface area contributed by atoms with Gasteiger partial charge in [0.1, 0.15) is 11.1 Å². The van der Waals surface area contributed by atoms with Gasteiger partial charge in [0.2, 0.25) is 0 Å². The average Bonchev–Trinajstić information content (AvgIpc) is 3.20. The van der Waals surface area contributed by atoms with E-state index in [0.29, 0.717) is 5.58 Å². The Morgan fingerprint density at radius 3 is 2.52 bits per heavy atom. The molecule has 3 aromatic rings. The van der Waals surface area contributed by atoms with Crippen molar-refractivity contribution in [1.29, 1.82) is 0 Å². The standard InChI is InChI=1S/C22H22N2O3/c25-21(18-14-17-10-4-5-11-20(17)27-22(18)26)23-19(15-24-12-6-7-13-24)16-8-2-1-3-9-16/h1-5,8-11,14,19H,6-7,12-13,15H2,(H,23,25)/t19-/m0/s1. The summed E-state index contributed by atoms with van der Waals surface area (Å²) < 4.78 is 5.31. The van der Waals surface area contributed by atoms with E-state index >= 15 is 0 Å². The van der Waals surface area contributed by atoms with Gasteiger partial charge >= 0.3 is 5.63 Å². The predicted molar refractivity (Wildman–Crippen MR) is 105 cm³/mol. The number of carbonyl (C=O) groups excluding carboxylic acids is 1. The molecule has 5 heteroatoms. The van der Waals surface area contributed by atoms with Crippen molar-refractivity contribution in [2.24, 2.45) is 0 Å². The molecule has 0 saturated carbocycles. The fraction of sp³-hybridized carbons (Fsp3) is 0.273. The van der Waals surface area contributed by atoms with Crippen molar-refractivity contribution >= 4 is 16.9 Å². The highest BCUT2D eigenvalue weighted by molar-refractivity contribution is 5.96. The minimum Gasteiger partial charge on any atom is -0.422 e. The topological polar surface area (TPSA) is 62.6 Å². The second-order valence-electron chi connectivity index (χ2n) is 6.93. The Morgan fingerprint density at radius 1 is 1.04 bits per heavy atom. The highest BCUT2D eigenvalue weighted by Crippen LogP contribution is 2.19. The summed E-state index contributed by atoms with van der Waals surface area (Å²) in [5.41, 5.74) is 0.939. The number of fused-ring (bicyclic) bond motifs is 1. The van der Waals surface area contributed by atoms with Crippen molar-refractivity contribution in [1.82, 2.24) is 10.2 Å². The summed E-state index contributed by atoms with van der Waals surface area (Å²) in [4.78, 5) is 27.5. The number of nitrogens with one attached hydrogen (secondary N) is 1. The van der Waals surface area contributed by atoms with Crippen LogP contribution in [0.15, 0.2) is 69.9 Å². The molecule has 0 unspecified atom stereocenters. The first-order valence-corrected chi connectivity index (χ1v) is 9.32. The molecule has 138 valence electrons. The Morgan fingerprint density at radius 2 is 1.74 bits per heavy atom. The molecule has 1 N–H and O–H groups in total. The van der Waals surface area contributed by atoms with E-state index in [9.17, 15) is 9.59 Å². The van der Waals surface area contributed by atoms with Gasteiger partial charge in [-0.05, 0) is 43.6 Å². The van der Waals surface area contributed by atoms with Gasteiger partial charge < -0.3 is 14.6 Å². The summed E-state index contributed by atoms with van der Waals surface area (Å²) in [6.45, 7) is 2.81. The van der Waals surface area contributed by atoms with E-state index < -0.39 is 11.5 Å². The van der Waals surface area contributed by atoms with Crippen molar-refractivity contribution in [3.63, 3.8) is 0 Å². The molecular formula is C22H22N2O3. The van der Waals surface area contributed by atoms with Crippen molar-refractivity contribution in [3.8, 4) is 0 Å². The second kappa shape index (κ2) is 7.76. The average molecular weight is 362 g/mol. The van der Waals surface area contributed by atoms with Gasteiger partial charge in [-0.3, -0.25) is 4.79 Å². The summed E-state index contributed by atoms with van der Waals surface area (Å²) in [5.74, 6) is -0.400. The summed E-state index contributed by atoms with van der Waals surface area (Å²) >= 11 is 0. The van der Waals surface area contributed by atoms with Gasteiger partial charge in [-0.15, -0.1) is 0 Å². The lowest BCUT2D eigenvalue weighted by atomic mass is 10.1. The van der Waals surface area contributed by atoms with Crippen LogP contribution in [0.3, 0.4) is 0 Å². The number of hydrogen-bond donors (Lipinski definition) is 1. The van der Waals surface area contributed by atoms with E-state index in [1.54, 1.807) is 18.2 Å². The number of amides is 1. The molecule has 0 spiro atoms. The maximum Gasteiger partial charge on any atom is 0.349 e. The lowest BCUT2D eigenvalue weighted by Crippen LogP contribution is -2.38. The van der Waals surface area contributed by atoms with Crippen LogP contribution in [-0.2, 0) is 0 Å². The molecule has 0 bridgehead atoms. The Hall–Kier alpha value is -2.92. The molecule has 0 radical (unpaired) electrons. The monoisotopic (exact) mass is 362 g/mol. The molecule has 27 heavy (non-hydrogen) atoms. The van der Waals surface area contributed by atoms with Crippen LogP contribution >= 0.6 is 0 Å². The number of para-hydroxylation sites is 1. The molecule has 1 saturated heterocycles. The Labute approximate surface area is 157 Å². The molecule has 1 aliphatic rings. The van der Waals surface area contributed by atoms with Crippen molar-refractivity contribution in [2.75, 3.05) is 19.6 Å². The normalized spacial score (nSPS) is 15.7. The van der Waals surface area contributed by atoms with Crippen LogP contribution in [0.5, 0.6) is 0 Å². The van der Waals surface area contributed by atoms with Crippen molar-refractivity contribution < 1.29 is 9.21 Å². The highest BCUT2D eigenvalue weighted by Gasteiger charge is 2.23. The smallest absolute Gasteiger partial charge is 0.349 e. The van der Waals surface area contributed by atoms with Crippen LogP contribution in [0.2, 0.25) is 0 Å². The van der Waals surface area contributed by atoms with Gasteiger partial charge in [-0.1, -0.05) is 48.5 Å². The van der Waals surface area contributed by atoms with E-state index in [4.69, 9.17) is 4.42 Å². The quantitative estimate of drug-likeness (QED) is 0.707. The highest BCUT2D eigenvalue weighted by atomic mass is 16.4.